The number of hydrogen-bond acceptors (Lipinski definition) is 2. The Hall–Kier alpha value is -1.51. The first-order valence-electron chi connectivity index (χ1n) is 4.25. The highest BCUT2D eigenvalue weighted by molar-refractivity contribution is 5.88. The zero-order valence-corrected chi connectivity index (χ0v) is 7.63. The lowest BCUT2D eigenvalue weighted by molar-refractivity contribution is 0.116. The minimum atomic E-state index is -0.370. The third-order valence-corrected chi connectivity index (χ3v) is 2.17. The van der Waals surface area contributed by atoms with Crippen LogP contribution in [0.15, 0.2) is 18.2 Å². The van der Waals surface area contributed by atoms with Crippen molar-refractivity contribution in [2.24, 2.45) is 0 Å². The summed E-state index contributed by atoms with van der Waals surface area (Å²) in [4.78, 5) is 11.0. The summed E-state index contributed by atoms with van der Waals surface area (Å²) in [7, 11) is 0. The highest BCUT2D eigenvalue weighted by atomic mass is 16.6. The smallest absolute Gasteiger partial charge is 0.412 e. The largest absolute Gasteiger partial charge is 0.441 e. The molecule has 13 heavy (non-hydrogen) atoms. The molecule has 0 saturated heterocycles. The van der Waals surface area contributed by atoms with Gasteiger partial charge in [-0.3, -0.25) is 5.32 Å². The summed E-state index contributed by atoms with van der Waals surface area (Å²) in [6.45, 7) is 3.86. The number of cyclic esters (lactones) is 1. The van der Waals surface area contributed by atoms with E-state index < -0.39 is 0 Å². The Morgan fingerprint density at radius 1 is 1.46 bits per heavy atom. The standard InChI is InChI=1S/C10H11NO2/c1-6-3-4-8-7(2)13-10(12)11-9(8)5-6/h3-5,7H,1-2H3,(H,11,12). The molecule has 3 heteroatoms. The van der Waals surface area contributed by atoms with Crippen LogP contribution in [0.4, 0.5) is 10.5 Å². The van der Waals surface area contributed by atoms with Gasteiger partial charge in [0, 0.05) is 5.56 Å². The Balaban J connectivity index is 2.49. The third-order valence-electron chi connectivity index (χ3n) is 2.17. The molecule has 1 unspecified atom stereocenters. The molecule has 0 fully saturated rings. The zero-order valence-electron chi connectivity index (χ0n) is 7.63. The van der Waals surface area contributed by atoms with Crippen molar-refractivity contribution in [2.75, 3.05) is 5.32 Å². The SMILES string of the molecule is Cc1ccc2c(c1)NC(=O)OC2C. The number of benzene rings is 1. The Morgan fingerprint density at radius 2 is 2.23 bits per heavy atom. The molecule has 0 radical (unpaired) electrons. The molecule has 1 aromatic carbocycles. The Kier molecular flexibility index (Phi) is 1.72. The van der Waals surface area contributed by atoms with Gasteiger partial charge in [-0.25, -0.2) is 4.79 Å². The molecule has 0 saturated carbocycles. The van der Waals surface area contributed by atoms with E-state index in [1.54, 1.807) is 0 Å². The molecule has 1 aliphatic rings. The number of amides is 1. The second-order valence-electron chi connectivity index (χ2n) is 3.26. The fourth-order valence-electron chi connectivity index (χ4n) is 1.50. The van der Waals surface area contributed by atoms with Crippen molar-refractivity contribution in [2.45, 2.75) is 20.0 Å². The van der Waals surface area contributed by atoms with Crippen molar-refractivity contribution in [3.05, 3.63) is 29.3 Å². The molecule has 68 valence electrons. The van der Waals surface area contributed by atoms with Crippen LogP contribution in [0, 0.1) is 6.92 Å². The first-order valence-corrected chi connectivity index (χ1v) is 4.25. The van der Waals surface area contributed by atoms with Gasteiger partial charge in [0.2, 0.25) is 0 Å². The van der Waals surface area contributed by atoms with Gasteiger partial charge in [-0.15, -0.1) is 0 Å². The molecule has 0 bridgehead atoms. The van der Waals surface area contributed by atoms with Crippen LogP contribution in [-0.2, 0) is 4.74 Å². The lowest BCUT2D eigenvalue weighted by atomic mass is 10.0. The second kappa shape index (κ2) is 2.76. The van der Waals surface area contributed by atoms with E-state index in [0.717, 1.165) is 16.8 Å². The van der Waals surface area contributed by atoms with Crippen molar-refractivity contribution in [1.82, 2.24) is 0 Å². The third kappa shape index (κ3) is 1.37. The Labute approximate surface area is 76.7 Å². The van der Waals surface area contributed by atoms with E-state index in [4.69, 9.17) is 4.74 Å². The van der Waals surface area contributed by atoms with Gasteiger partial charge in [0.15, 0.2) is 0 Å². The first-order chi connectivity index (χ1) is 6.16. The van der Waals surface area contributed by atoms with Crippen molar-refractivity contribution in [3.8, 4) is 0 Å². The van der Waals surface area contributed by atoms with Crippen molar-refractivity contribution in [1.29, 1.82) is 0 Å². The van der Waals surface area contributed by atoms with Gasteiger partial charge in [0.1, 0.15) is 6.10 Å². The number of ether oxygens (including phenoxy) is 1. The van der Waals surface area contributed by atoms with Crippen LogP contribution in [0.5, 0.6) is 0 Å². The van der Waals surface area contributed by atoms with E-state index >= 15 is 0 Å². The molecular weight excluding hydrogens is 166 g/mol. The van der Waals surface area contributed by atoms with Crippen LogP contribution in [-0.4, -0.2) is 6.09 Å². The number of rotatable bonds is 0. The van der Waals surface area contributed by atoms with Crippen LogP contribution < -0.4 is 5.32 Å². The number of nitrogens with one attached hydrogen (secondary N) is 1. The maximum Gasteiger partial charge on any atom is 0.412 e. The minimum Gasteiger partial charge on any atom is -0.441 e. The molecule has 3 nitrogen and oxygen atoms in total. The Bertz CT molecular complexity index is 360. The number of hydrogen-bond donors (Lipinski definition) is 1. The quantitative estimate of drug-likeness (QED) is 0.661. The fraction of sp³-hybridized carbons (Fsp3) is 0.300. The molecule has 0 aromatic heterocycles. The van der Waals surface area contributed by atoms with Crippen molar-refractivity contribution < 1.29 is 9.53 Å². The maximum absolute atomic E-state index is 11.0. The summed E-state index contributed by atoms with van der Waals surface area (Å²) >= 11 is 0. The molecule has 2 rings (SSSR count). The summed E-state index contributed by atoms with van der Waals surface area (Å²) in [5.41, 5.74) is 3.03. The lowest BCUT2D eigenvalue weighted by Gasteiger charge is -2.23. The van der Waals surface area contributed by atoms with Gasteiger partial charge in [0.25, 0.3) is 0 Å². The lowest BCUT2D eigenvalue weighted by Crippen LogP contribution is -2.22. The monoisotopic (exact) mass is 177 g/mol. The van der Waals surface area contributed by atoms with E-state index in [2.05, 4.69) is 5.32 Å². The van der Waals surface area contributed by atoms with E-state index in [1.165, 1.54) is 0 Å². The molecule has 1 amide bonds. The molecule has 1 aliphatic heterocycles. The van der Waals surface area contributed by atoms with Crippen LogP contribution in [0.25, 0.3) is 0 Å². The summed E-state index contributed by atoms with van der Waals surface area (Å²) < 4.78 is 5.00. The highest BCUT2D eigenvalue weighted by Crippen LogP contribution is 2.30. The summed E-state index contributed by atoms with van der Waals surface area (Å²) in [5, 5.41) is 2.67. The van der Waals surface area contributed by atoms with Gasteiger partial charge < -0.3 is 4.74 Å². The van der Waals surface area contributed by atoms with Crippen LogP contribution >= 0.6 is 0 Å². The topological polar surface area (TPSA) is 38.3 Å². The van der Waals surface area contributed by atoms with Crippen LogP contribution in [0.3, 0.4) is 0 Å². The van der Waals surface area contributed by atoms with Crippen molar-refractivity contribution in [3.63, 3.8) is 0 Å². The number of anilines is 1. The van der Waals surface area contributed by atoms with Gasteiger partial charge in [0.05, 0.1) is 5.69 Å². The summed E-state index contributed by atoms with van der Waals surface area (Å²) in [6, 6.07) is 5.94. The number of aryl methyl sites for hydroxylation is 1. The predicted molar refractivity (Wildman–Crippen MR) is 49.7 cm³/mol. The zero-order chi connectivity index (χ0) is 9.42. The predicted octanol–water partition coefficient (Wildman–Crippen LogP) is 2.62. The molecule has 1 heterocycles. The number of fused-ring (bicyclic) bond motifs is 1. The van der Waals surface area contributed by atoms with Gasteiger partial charge in [-0.1, -0.05) is 12.1 Å². The normalized spacial score (nSPS) is 20.2. The maximum atomic E-state index is 11.0. The molecule has 0 spiro atoms. The number of carbonyl (C=O) groups is 1. The van der Waals surface area contributed by atoms with Gasteiger partial charge in [-0.05, 0) is 25.5 Å². The van der Waals surface area contributed by atoms with Crippen molar-refractivity contribution >= 4 is 11.8 Å². The van der Waals surface area contributed by atoms with Crippen LogP contribution in [0.1, 0.15) is 24.2 Å². The number of carbonyl (C=O) groups excluding carboxylic acids is 1. The van der Waals surface area contributed by atoms with E-state index in [1.807, 2.05) is 32.0 Å². The first kappa shape index (κ1) is 8.10. The molecule has 0 aliphatic carbocycles. The molecule has 1 aromatic rings. The fourth-order valence-corrected chi connectivity index (χ4v) is 1.50. The van der Waals surface area contributed by atoms with E-state index in [-0.39, 0.29) is 12.2 Å². The van der Waals surface area contributed by atoms with Crippen LogP contribution in [0.2, 0.25) is 0 Å². The Morgan fingerprint density at radius 3 is 3.00 bits per heavy atom. The molecule has 1 N–H and O–H groups in total. The second-order valence-corrected chi connectivity index (χ2v) is 3.26. The van der Waals surface area contributed by atoms with Gasteiger partial charge >= 0.3 is 6.09 Å². The highest BCUT2D eigenvalue weighted by Gasteiger charge is 2.21. The average molecular weight is 177 g/mol. The molecular formula is C10H11NO2. The average Bonchev–Trinajstić information content (AvgIpc) is 2.02. The van der Waals surface area contributed by atoms with Gasteiger partial charge in [-0.2, -0.15) is 0 Å². The summed E-state index contributed by atoms with van der Waals surface area (Å²) in [5.74, 6) is 0. The molecule has 1 atom stereocenters. The summed E-state index contributed by atoms with van der Waals surface area (Å²) in [6.07, 6.45) is -0.519. The van der Waals surface area contributed by atoms with E-state index in [0.29, 0.717) is 0 Å². The minimum absolute atomic E-state index is 0.149. The van der Waals surface area contributed by atoms with E-state index in [9.17, 15) is 4.79 Å².